The second-order valence-corrected chi connectivity index (χ2v) is 5.11. The van der Waals surface area contributed by atoms with Crippen molar-refractivity contribution in [1.82, 2.24) is 15.3 Å². The van der Waals surface area contributed by atoms with Crippen molar-refractivity contribution in [3.8, 4) is 0 Å². The summed E-state index contributed by atoms with van der Waals surface area (Å²) in [5, 5.41) is 13.0. The van der Waals surface area contributed by atoms with Gasteiger partial charge in [0.2, 0.25) is 5.91 Å². The molecule has 2 rings (SSSR count). The van der Waals surface area contributed by atoms with Gasteiger partial charge in [-0.05, 0) is 6.07 Å². The number of rotatable bonds is 5. The number of carbonyl (C=O) groups is 2. The van der Waals surface area contributed by atoms with Crippen LogP contribution in [0.3, 0.4) is 0 Å². The van der Waals surface area contributed by atoms with Crippen LogP contribution in [0.4, 0.5) is 0 Å². The van der Waals surface area contributed by atoms with Gasteiger partial charge in [0, 0.05) is 18.1 Å². The van der Waals surface area contributed by atoms with Crippen LogP contribution in [0.15, 0.2) is 35.6 Å². The molecule has 0 spiro atoms. The van der Waals surface area contributed by atoms with Crippen LogP contribution < -0.4 is 5.32 Å². The summed E-state index contributed by atoms with van der Waals surface area (Å²) in [6.07, 6.45) is 1.44. The van der Waals surface area contributed by atoms with Gasteiger partial charge >= 0.3 is 5.97 Å². The summed E-state index contributed by atoms with van der Waals surface area (Å²) >= 11 is 1.28. The van der Waals surface area contributed by atoms with E-state index >= 15 is 0 Å². The maximum atomic E-state index is 11.1. The minimum absolute atomic E-state index is 0.204. The first kappa shape index (κ1) is 14.3. The van der Waals surface area contributed by atoms with Gasteiger partial charge < -0.3 is 10.4 Å². The van der Waals surface area contributed by atoms with Crippen molar-refractivity contribution in [1.29, 1.82) is 0 Å². The Kier molecular flexibility index (Phi) is 4.52. The van der Waals surface area contributed by atoms with E-state index in [1.807, 2.05) is 24.3 Å². The SMILES string of the molecule is CC(=O)NC(CSc1ncnc2ccccc12)C(=O)O. The predicted molar refractivity (Wildman–Crippen MR) is 75.5 cm³/mol. The van der Waals surface area contributed by atoms with E-state index in [2.05, 4.69) is 15.3 Å². The highest BCUT2D eigenvalue weighted by Crippen LogP contribution is 2.24. The van der Waals surface area contributed by atoms with Gasteiger partial charge in [0.1, 0.15) is 17.4 Å². The molecule has 1 unspecified atom stereocenters. The number of carbonyl (C=O) groups excluding carboxylic acids is 1. The van der Waals surface area contributed by atoms with Crippen LogP contribution in [-0.4, -0.2) is 38.7 Å². The zero-order valence-electron chi connectivity index (χ0n) is 10.7. The fourth-order valence-electron chi connectivity index (χ4n) is 1.68. The lowest BCUT2D eigenvalue weighted by Gasteiger charge is -2.12. The Morgan fingerprint density at radius 1 is 1.35 bits per heavy atom. The van der Waals surface area contributed by atoms with Gasteiger partial charge in [-0.3, -0.25) is 4.79 Å². The van der Waals surface area contributed by atoms with E-state index < -0.39 is 12.0 Å². The first-order valence-corrected chi connectivity index (χ1v) is 6.89. The molecule has 2 aromatic rings. The lowest BCUT2D eigenvalue weighted by molar-refractivity contribution is -0.140. The fraction of sp³-hybridized carbons (Fsp3) is 0.231. The number of fused-ring (bicyclic) bond motifs is 1. The number of hydrogen-bond acceptors (Lipinski definition) is 5. The zero-order chi connectivity index (χ0) is 14.5. The number of nitrogens with one attached hydrogen (secondary N) is 1. The summed E-state index contributed by atoms with van der Waals surface area (Å²) in [6, 6.07) is 6.56. The Morgan fingerprint density at radius 3 is 2.80 bits per heavy atom. The molecule has 2 N–H and O–H groups in total. The minimum atomic E-state index is -1.06. The first-order chi connectivity index (χ1) is 9.58. The Hall–Kier alpha value is -2.15. The molecule has 1 aromatic heterocycles. The molecule has 1 aromatic carbocycles. The van der Waals surface area contributed by atoms with Gasteiger partial charge in [0.25, 0.3) is 0 Å². The number of carboxylic acid groups (broad SMARTS) is 1. The molecular formula is C13H13N3O3S. The predicted octanol–water partition coefficient (Wildman–Crippen LogP) is 1.31. The molecule has 20 heavy (non-hydrogen) atoms. The van der Waals surface area contributed by atoms with Gasteiger partial charge in [-0.2, -0.15) is 0 Å². The van der Waals surface area contributed by atoms with E-state index in [1.54, 1.807) is 0 Å². The number of benzene rings is 1. The topological polar surface area (TPSA) is 92.2 Å². The molecule has 0 saturated heterocycles. The van der Waals surface area contributed by atoms with Crippen LogP contribution in [0.1, 0.15) is 6.92 Å². The third-order valence-electron chi connectivity index (χ3n) is 2.57. The zero-order valence-corrected chi connectivity index (χ0v) is 11.6. The highest BCUT2D eigenvalue weighted by atomic mass is 32.2. The lowest BCUT2D eigenvalue weighted by atomic mass is 10.2. The number of amides is 1. The summed E-state index contributed by atoms with van der Waals surface area (Å²) in [6.45, 7) is 1.29. The van der Waals surface area contributed by atoms with Crippen LogP contribution in [0.5, 0.6) is 0 Å². The van der Waals surface area contributed by atoms with Crippen LogP contribution in [0.25, 0.3) is 10.9 Å². The standard InChI is InChI=1S/C13H13N3O3S/c1-8(17)16-11(13(18)19)6-20-12-9-4-2-3-5-10(9)14-7-15-12/h2-5,7,11H,6H2,1H3,(H,16,17)(H,18,19). The number of thioether (sulfide) groups is 1. The normalized spacial score (nSPS) is 12.1. The van der Waals surface area contributed by atoms with Gasteiger partial charge in [-0.15, -0.1) is 11.8 Å². The van der Waals surface area contributed by atoms with Gasteiger partial charge in [0.05, 0.1) is 5.52 Å². The second-order valence-electron chi connectivity index (χ2n) is 4.10. The smallest absolute Gasteiger partial charge is 0.327 e. The van der Waals surface area contributed by atoms with Crippen molar-refractivity contribution in [3.63, 3.8) is 0 Å². The third-order valence-corrected chi connectivity index (χ3v) is 3.67. The molecule has 0 fully saturated rings. The van der Waals surface area contributed by atoms with Crippen molar-refractivity contribution in [2.24, 2.45) is 0 Å². The first-order valence-electron chi connectivity index (χ1n) is 5.90. The Bertz CT molecular complexity index is 642. The molecule has 7 heteroatoms. The summed E-state index contributed by atoms with van der Waals surface area (Å²) in [5.74, 6) is -1.23. The monoisotopic (exact) mass is 291 g/mol. The van der Waals surface area contributed by atoms with Crippen molar-refractivity contribution < 1.29 is 14.7 Å². The summed E-state index contributed by atoms with van der Waals surface area (Å²) in [5.41, 5.74) is 0.802. The van der Waals surface area contributed by atoms with E-state index in [-0.39, 0.29) is 11.7 Å². The quantitative estimate of drug-likeness (QED) is 0.637. The van der Waals surface area contributed by atoms with Crippen molar-refractivity contribution >= 4 is 34.5 Å². The molecule has 0 radical (unpaired) electrons. The average Bonchev–Trinajstić information content (AvgIpc) is 2.42. The van der Waals surface area contributed by atoms with Crippen molar-refractivity contribution in [3.05, 3.63) is 30.6 Å². The largest absolute Gasteiger partial charge is 0.480 e. The highest BCUT2D eigenvalue weighted by molar-refractivity contribution is 7.99. The summed E-state index contributed by atoms with van der Waals surface area (Å²) in [4.78, 5) is 30.3. The number of aliphatic carboxylic acids is 1. The van der Waals surface area contributed by atoms with Gasteiger partial charge in [-0.1, -0.05) is 18.2 Å². The molecule has 0 aliphatic carbocycles. The van der Waals surface area contributed by atoms with Crippen molar-refractivity contribution in [2.45, 2.75) is 18.0 Å². The average molecular weight is 291 g/mol. The van der Waals surface area contributed by atoms with Crippen molar-refractivity contribution in [2.75, 3.05) is 5.75 Å². The fourth-order valence-corrected chi connectivity index (χ4v) is 2.68. The van der Waals surface area contributed by atoms with E-state index in [4.69, 9.17) is 5.11 Å². The molecule has 1 atom stereocenters. The number of carboxylic acids is 1. The van der Waals surface area contributed by atoms with Crippen LogP contribution in [0.2, 0.25) is 0 Å². The van der Waals surface area contributed by atoms with Crippen LogP contribution in [0, 0.1) is 0 Å². The van der Waals surface area contributed by atoms with Gasteiger partial charge in [0.15, 0.2) is 0 Å². The third kappa shape index (κ3) is 3.45. The van der Waals surface area contributed by atoms with Gasteiger partial charge in [-0.25, -0.2) is 14.8 Å². The summed E-state index contributed by atoms with van der Waals surface area (Å²) < 4.78 is 0. The molecule has 0 saturated carbocycles. The van der Waals surface area contributed by atoms with E-state index in [0.717, 1.165) is 10.9 Å². The molecular weight excluding hydrogens is 278 g/mol. The molecule has 104 valence electrons. The number of nitrogens with zero attached hydrogens (tertiary/aromatic N) is 2. The Labute approximate surface area is 119 Å². The molecule has 0 bridgehead atoms. The van der Waals surface area contributed by atoms with E-state index in [0.29, 0.717) is 5.03 Å². The minimum Gasteiger partial charge on any atom is -0.480 e. The highest BCUT2D eigenvalue weighted by Gasteiger charge is 2.19. The Balaban J connectivity index is 2.15. The van der Waals surface area contributed by atoms with Crippen LogP contribution >= 0.6 is 11.8 Å². The number of hydrogen-bond donors (Lipinski definition) is 2. The maximum absolute atomic E-state index is 11.1. The molecule has 0 aliphatic heterocycles. The number of aromatic nitrogens is 2. The molecule has 6 nitrogen and oxygen atoms in total. The molecule has 1 amide bonds. The molecule has 1 heterocycles. The lowest BCUT2D eigenvalue weighted by Crippen LogP contribution is -2.41. The second kappa shape index (κ2) is 6.33. The van der Waals surface area contributed by atoms with E-state index in [9.17, 15) is 9.59 Å². The summed E-state index contributed by atoms with van der Waals surface area (Å²) in [7, 11) is 0. The van der Waals surface area contributed by atoms with Crippen LogP contribution in [-0.2, 0) is 9.59 Å². The molecule has 0 aliphatic rings. The Morgan fingerprint density at radius 2 is 2.10 bits per heavy atom. The maximum Gasteiger partial charge on any atom is 0.327 e. The van der Waals surface area contributed by atoms with E-state index in [1.165, 1.54) is 25.0 Å². The number of para-hydroxylation sites is 1.